The summed E-state index contributed by atoms with van der Waals surface area (Å²) >= 11 is 7.72. The highest BCUT2D eigenvalue weighted by Crippen LogP contribution is 2.30. The molecule has 0 saturated carbocycles. The summed E-state index contributed by atoms with van der Waals surface area (Å²) in [5, 5.41) is 3.98. The molecule has 0 saturated heterocycles. The molecule has 1 nitrogen and oxygen atoms in total. The van der Waals surface area contributed by atoms with E-state index in [1.165, 1.54) is 6.07 Å². The first-order valence-electron chi connectivity index (χ1n) is 6.67. The molecular formula is C16H16ClF2NS. The number of nitrogens with one attached hydrogen (secondary N) is 1. The second-order valence-corrected chi connectivity index (χ2v) is 5.99. The van der Waals surface area contributed by atoms with Gasteiger partial charge in [-0.05, 0) is 36.4 Å². The summed E-state index contributed by atoms with van der Waals surface area (Å²) in [6.45, 7) is 2.72. The number of hydrogen-bond donors (Lipinski definition) is 1. The highest BCUT2D eigenvalue weighted by Gasteiger charge is 2.14. The maximum absolute atomic E-state index is 13.4. The van der Waals surface area contributed by atoms with E-state index < -0.39 is 11.6 Å². The molecule has 5 heteroatoms. The van der Waals surface area contributed by atoms with Gasteiger partial charge < -0.3 is 5.32 Å². The van der Waals surface area contributed by atoms with Crippen molar-refractivity contribution in [2.45, 2.75) is 17.9 Å². The highest BCUT2D eigenvalue weighted by molar-refractivity contribution is 7.99. The van der Waals surface area contributed by atoms with Gasteiger partial charge in [0.25, 0.3) is 0 Å². The zero-order valence-electron chi connectivity index (χ0n) is 11.6. The van der Waals surface area contributed by atoms with Crippen LogP contribution in [0.25, 0.3) is 0 Å². The van der Waals surface area contributed by atoms with Gasteiger partial charge in [-0.2, -0.15) is 0 Å². The number of rotatable bonds is 6. The van der Waals surface area contributed by atoms with Crippen LogP contribution in [0.3, 0.4) is 0 Å². The smallest absolute Gasteiger partial charge is 0.159 e. The molecule has 0 heterocycles. The van der Waals surface area contributed by atoms with Gasteiger partial charge in [0.1, 0.15) is 0 Å². The van der Waals surface area contributed by atoms with Crippen molar-refractivity contribution in [3.8, 4) is 0 Å². The molecule has 1 unspecified atom stereocenters. The van der Waals surface area contributed by atoms with E-state index in [4.69, 9.17) is 11.6 Å². The molecule has 21 heavy (non-hydrogen) atoms. The Morgan fingerprint density at radius 2 is 1.90 bits per heavy atom. The maximum Gasteiger partial charge on any atom is 0.159 e. The minimum atomic E-state index is -0.826. The van der Waals surface area contributed by atoms with Gasteiger partial charge in [0.05, 0.1) is 5.02 Å². The molecule has 0 radical (unpaired) electrons. The molecule has 1 atom stereocenters. The molecule has 0 aliphatic carbocycles. The fraction of sp³-hybridized carbons (Fsp3) is 0.250. The van der Waals surface area contributed by atoms with Crippen LogP contribution in [-0.2, 0) is 0 Å². The molecular weight excluding hydrogens is 312 g/mol. The lowest BCUT2D eigenvalue weighted by Gasteiger charge is -2.18. The minimum absolute atomic E-state index is 0.0635. The van der Waals surface area contributed by atoms with Crippen LogP contribution in [0.2, 0.25) is 5.02 Å². The Morgan fingerprint density at radius 1 is 1.14 bits per heavy atom. The summed E-state index contributed by atoms with van der Waals surface area (Å²) < 4.78 is 26.4. The van der Waals surface area contributed by atoms with Gasteiger partial charge in [0.2, 0.25) is 0 Å². The van der Waals surface area contributed by atoms with Crippen LogP contribution < -0.4 is 5.32 Å². The third-order valence-corrected chi connectivity index (χ3v) is 4.65. The third-order valence-electron chi connectivity index (χ3n) is 3.04. The van der Waals surface area contributed by atoms with Gasteiger partial charge in [-0.15, -0.1) is 11.8 Å². The number of halogens is 3. The monoisotopic (exact) mass is 327 g/mol. The largest absolute Gasteiger partial charge is 0.309 e. The lowest BCUT2D eigenvalue weighted by Crippen LogP contribution is -2.23. The first-order chi connectivity index (χ1) is 10.1. The van der Waals surface area contributed by atoms with Crippen LogP contribution in [0.4, 0.5) is 8.78 Å². The van der Waals surface area contributed by atoms with Crippen molar-refractivity contribution in [2.75, 3.05) is 12.3 Å². The molecule has 0 spiro atoms. The standard InChI is InChI=1S/C16H16ClF2NS/c1-2-20-15(11-7-8-13(18)14(19)9-11)10-21-16-6-4-3-5-12(16)17/h3-9,15,20H,2,10H2,1H3. The van der Waals surface area contributed by atoms with Gasteiger partial charge in [-0.25, -0.2) is 8.78 Å². The van der Waals surface area contributed by atoms with E-state index >= 15 is 0 Å². The first-order valence-corrected chi connectivity index (χ1v) is 8.03. The Kier molecular flexibility index (Phi) is 6.03. The van der Waals surface area contributed by atoms with E-state index in [-0.39, 0.29) is 6.04 Å². The van der Waals surface area contributed by atoms with E-state index in [9.17, 15) is 8.78 Å². The lowest BCUT2D eigenvalue weighted by molar-refractivity contribution is 0.502. The predicted octanol–water partition coefficient (Wildman–Crippen LogP) is 5.06. The fourth-order valence-electron chi connectivity index (χ4n) is 1.98. The third kappa shape index (κ3) is 4.43. The zero-order valence-corrected chi connectivity index (χ0v) is 13.1. The van der Waals surface area contributed by atoms with E-state index in [2.05, 4.69) is 5.32 Å². The van der Waals surface area contributed by atoms with Crippen LogP contribution in [0.5, 0.6) is 0 Å². The van der Waals surface area contributed by atoms with E-state index in [1.807, 2.05) is 31.2 Å². The Labute approximate surface area is 132 Å². The second-order valence-electron chi connectivity index (χ2n) is 4.53. The second kappa shape index (κ2) is 7.78. The Morgan fingerprint density at radius 3 is 2.57 bits per heavy atom. The van der Waals surface area contributed by atoms with Gasteiger partial charge in [-0.3, -0.25) is 0 Å². The van der Waals surface area contributed by atoms with Crippen molar-refractivity contribution in [1.29, 1.82) is 0 Å². The van der Waals surface area contributed by atoms with Crippen molar-refractivity contribution in [1.82, 2.24) is 5.32 Å². The Balaban J connectivity index is 2.12. The van der Waals surface area contributed by atoms with E-state index in [0.717, 1.165) is 23.1 Å². The maximum atomic E-state index is 13.4. The summed E-state index contributed by atoms with van der Waals surface area (Å²) in [7, 11) is 0. The van der Waals surface area contributed by atoms with Crippen LogP contribution in [-0.4, -0.2) is 12.3 Å². The predicted molar refractivity (Wildman–Crippen MR) is 85.0 cm³/mol. The van der Waals surface area contributed by atoms with Crippen molar-refractivity contribution >= 4 is 23.4 Å². The fourth-order valence-corrected chi connectivity index (χ4v) is 3.32. The first kappa shape index (κ1) is 16.3. The van der Waals surface area contributed by atoms with Crippen molar-refractivity contribution in [3.63, 3.8) is 0 Å². The van der Waals surface area contributed by atoms with Gasteiger partial charge in [-0.1, -0.05) is 36.7 Å². The van der Waals surface area contributed by atoms with Crippen molar-refractivity contribution in [2.24, 2.45) is 0 Å². The molecule has 0 aliphatic rings. The Hall–Kier alpha value is -1.10. The number of benzene rings is 2. The van der Waals surface area contributed by atoms with Crippen LogP contribution in [0.1, 0.15) is 18.5 Å². The van der Waals surface area contributed by atoms with E-state index in [1.54, 1.807) is 17.8 Å². The molecule has 2 aromatic rings. The normalized spacial score (nSPS) is 12.4. The lowest BCUT2D eigenvalue weighted by atomic mass is 10.1. The van der Waals surface area contributed by atoms with Gasteiger partial charge >= 0.3 is 0 Å². The zero-order chi connectivity index (χ0) is 15.2. The van der Waals surface area contributed by atoms with Gasteiger partial charge in [0.15, 0.2) is 11.6 Å². The molecule has 2 rings (SSSR count). The summed E-state index contributed by atoms with van der Waals surface area (Å²) in [5.74, 6) is -0.964. The van der Waals surface area contributed by atoms with Crippen molar-refractivity contribution in [3.05, 3.63) is 64.7 Å². The van der Waals surface area contributed by atoms with E-state index in [0.29, 0.717) is 10.8 Å². The van der Waals surface area contributed by atoms with Crippen LogP contribution in [0.15, 0.2) is 47.4 Å². The van der Waals surface area contributed by atoms with Crippen LogP contribution >= 0.6 is 23.4 Å². The summed E-state index contributed by atoms with van der Waals surface area (Å²) in [4.78, 5) is 0.977. The average molecular weight is 328 g/mol. The van der Waals surface area contributed by atoms with Gasteiger partial charge in [0, 0.05) is 16.7 Å². The molecule has 0 aromatic heterocycles. The molecule has 0 bridgehead atoms. The number of hydrogen-bond acceptors (Lipinski definition) is 2. The topological polar surface area (TPSA) is 12.0 Å². The molecule has 0 aliphatic heterocycles. The highest BCUT2D eigenvalue weighted by atomic mass is 35.5. The summed E-state index contributed by atoms with van der Waals surface area (Å²) in [6, 6.07) is 11.5. The Bertz CT molecular complexity index is 607. The molecule has 0 amide bonds. The number of thioether (sulfide) groups is 1. The van der Waals surface area contributed by atoms with Crippen molar-refractivity contribution < 1.29 is 8.78 Å². The summed E-state index contributed by atoms with van der Waals surface area (Å²) in [6.07, 6.45) is 0. The SMILES string of the molecule is CCNC(CSc1ccccc1Cl)c1ccc(F)c(F)c1. The molecule has 112 valence electrons. The minimum Gasteiger partial charge on any atom is -0.309 e. The molecule has 0 fully saturated rings. The average Bonchev–Trinajstić information content (AvgIpc) is 2.48. The van der Waals surface area contributed by atoms with Crippen LogP contribution in [0, 0.1) is 11.6 Å². The molecule has 2 aromatic carbocycles. The quantitative estimate of drug-likeness (QED) is 0.744. The molecule has 1 N–H and O–H groups in total. The summed E-state index contributed by atoms with van der Waals surface area (Å²) in [5.41, 5.74) is 0.732.